The average molecular weight is 289 g/mol. The largest absolute Gasteiger partial charge is 0.478 e. The maximum atomic E-state index is 5.39. The molecule has 0 saturated carbocycles. The Hall–Kier alpha value is -2.02. The number of imidazole rings is 1. The van der Waals surface area contributed by atoms with E-state index < -0.39 is 0 Å². The summed E-state index contributed by atoms with van der Waals surface area (Å²) >= 11 is 1.35. The highest BCUT2D eigenvalue weighted by Gasteiger charge is 2.17. The molecule has 3 rings (SSSR count). The Morgan fingerprint density at radius 2 is 2.15 bits per heavy atom. The van der Waals surface area contributed by atoms with E-state index in [1.54, 1.807) is 0 Å². The Labute approximate surface area is 120 Å². The van der Waals surface area contributed by atoms with Crippen LogP contribution in [0, 0.1) is 0 Å². The molecular weight excluding hydrogens is 274 g/mol. The van der Waals surface area contributed by atoms with Gasteiger partial charge in [0, 0.05) is 6.07 Å². The number of pyridine rings is 1. The predicted octanol–water partition coefficient (Wildman–Crippen LogP) is 3.00. The lowest BCUT2D eigenvalue weighted by molar-refractivity contribution is 0.328. The quantitative estimate of drug-likeness (QED) is 0.799. The van der Waals surface area contributed by atoms with E-state index in [9.17, 15) is 0 Å². The van der Waals surface area contributed by atoms with Gasteiger partial charge in [-0.25, -0.2) is 4.98 Å². The summed E-state index contributed by atoms with van der Waals surface area (Å²) in [6.45, 7) is 6.70. The number of fused-ring (bicyclic) bond motifs is 1. The maximum Gasteiger partial charge on any atom is 0.215 e. The van der Waals surface area contributed by atoms with Crippen LogP contribution in [0.3, 0.4) is 0 Å². The molecule has 0 aromatic carbocycles. The fourth-order valence-electron chi connectivity index (χ4n) is 1.95. The summed E-state index contributed by atoms with van der Waals surface area (Å²) in [7, 11) is 0. The second kappa shape index (κ2) is 5.16. The number of H-pyrrole nitrogens is 1. The summed E-state index contributed by atoms with van der Waals surface area (Å²) in [6, 6.07) is 3.76. The molecule has 0 aliphatic rings. The van der Waals surface area contributed by atoms with Crippen molar-refractivity contribution in [3.05, 3.63) is 17.8 Å². The van der Waals surface area contributed by atoms with Gasteiger partial charge in [-0.3, -0.25) is 0 Å². The van der Waals surface area contributed by atoms with Gasteiger partial charge in [0.1, 0.15) is 4.88 Å². The van der Waals surface area contributed by atoms with Crippen molar-refractivity contribution >= 4 is 22.7 Å². The van der Waals surface area contributed by atoms with Gasteiger partial charge in [0.15, 0.2) is 11.5 Å². The molecular formula is C13H15N5OS. The van der Waals surface area contributed by atoms with E-state index in [0.29, 0.717) is 24.1 Å². The number of aromatic amines is 1. The van der Waals surface area contributed by atoms with E-state index in [4.69, 9.17) is 4.74 Å². The van der Waals surface area contributed by atoms with Crippen LogP contribution in [-0.2, 0) is 0 Å². The number of hydrogen-bond donors (Lipinski definition) is 1. The highest BCUT2D eigenvalue weighted by molar-refractivity contribution is 7.09. The minimum atomic E-state index is 0.309. The third-order valence-corrected chi connectivity index (χ3v) is 3.64. The monoisotopic (exact) mass is 289 g/mol. The Bertz CT molecular complexity index is 733. The normalized spacial score (nSPS) is 11.4. The van der Waals surface area contributed by atoms with E-state index in [2.05, 4.69) is 38.4 Å². The fraction of sp³-hybridized carbons (Fsp3) is 0.385. The first kappa shape index (κ1) is 13.0. The molecule has 1 N–H and O–H groups in total. The van der Waals surface area contributed by atoms with Crippen LogP contribution in [0.5, 0.6) is 5.88 Å². The molecule has 0 aliphatic carbocycles. The highest BCUT2D eigenvalue weighted by atomic mass is 32.1. The molecule has 7 heteroatoms. The van der Waals surface area contributed by atoms with Crippen molar-refractivity contribution in [1.82, 2.24) is 24.5 Å². The van der Waals surface area contributed by atoms with Crippen LogP contribution in [0.1, 0.15) is 32.4 Å². The third kappa shape index (κ3) is 2.24. The zero-order valence-electron chi connectivity index (χ0n) is 11.5. The van der Waals surface area contributed by atoms with Crippen LogP contribution >= 0.6 is 11.5 Å². The lowest BCUT2D eigenvalue weighted by atomic mass is 10.1. The fourth-order valence-corrected chi connectivity index (χ4v) is 2.71. The van der Waals surface area contributed by atoms with Gasteiger partial charge in [0.05, 0.1) is 17.8 Å². The number of rotatable bonds is 4. The van der Waals surface area contributed by atoms with Crippen LogP contribution in [0.2, 0.25) is 0 Å². The van der Waals surface area contributed by atoms with Crippen molar-refractivity contribution < 1.29 is 4.74 Å². The zero-order valence-corrected chi connectivity index (χ0v) is 12.4. The molecule has 0 aliphatic heterocycles. The molecule has 0 atom stereocenters. The smallest absolute Gasteiger partial charge is 0.215 e. The average Bonchev–Trinajstić information content (AvgIpc) is 3.04. The molecule has 0 bridgehead atoms. The van der Waals surface area contributed by atoms with Crippen molar-refractivity contribution in [1.29, 1.82) is 0 Å². The van der Waals surface area contributed by atoms with E-state index in [-0.39, 0.29) is 0 Å². The van der Waals surface area contributed by atoms with Gasteiger partial charge in [-0.15, -0.1) is 5.10 Å². The highest BCUT2D eigenvalue weighted by Crippen LogP contribution is 2.30. The first-order valence-corrected chi connectivity index (χ1v) is 7.28. The summed E-state index contributed by atoms with van der Waals surface area (Å²) in [5.41, 5.74) is 2.49. The lowest BCUT2D eigenvalue weighted by Gasteiger charge is -2.00. The second-order valence-electron chi connectivity index (χ2n) is 4.68. The van der Waals surface area contributed by atoms with Crippen LogP contribution < -0.4 is 4.74 Å². The van der Waals surface area contributed by atoms with E-state index in [1.807, 2.05) is 19.1 Å². The van der Waals surface area contributed by atoms with Gasteiger partial charge in [0.25, 0.3) is 0 Å². The number of nitrogens with one attached hydrogen (secondary N) is 1. The van der Waals surface area contributed by atoms with Crippen LogP contribution in [0.25, 0.3) is 21.9 Å². The lowest BCUT2D eigenvalue weighted by Crippen LogP contribution is -1.93. The summed E-state index contributed by atoms with van der Waals surface area (Å²) < 4.78 is 9.41. The number of nitrogens with zero attached hydrogens (tertiary/aromatic N) is 4. The first-order valence-electron chi connectivity index (χ1n) is 6.51. The first-order chi connectivity index (χ1) is 9.69. The topological polar surface area (TPSA) is 76.6 Å². The summed E-state index contributed by atoms with van der Waals surface area (Å²) in [5, 5.41) is 4.17. The van der Waals surface area contributed by atoms with Crippen molar-refractivity contribution in [3.63, 3.8) is 0 Å². The Balaban J connectivity index is 2.06. The van der Waals surface area contributed by atoms with Gasteiger partial charge in [-0.05, 0) is 30.4 Å². The minimum Gasteiger partial charge on any atom is -0.478 e. The zero-order chi connectivity index (χ0) is 14.1. The molecule has 104 valence electrons. The van der Waals surface area contributed by atoms with Crippen LogP contribution in [0.15, 0.2) is 12.1 Å². The molecule has 0 unspecified atom stereocenters. The Morgan fingerprint density at radius 3 is 2.90 bits per heavy atom. The van der Waals surface area contributed by atoms with E-state index in [1.165, 1.54) is 11.5 Å². The van der Waals surface area contributed by atoms with Gasteiger partial charge in [-0.1, -0.05) is 18.3 Å². The molecule has 3 heterocycles. The van der Waals surface area contributed by atoms with Gasteiger partial charge in [0.2, 0.25) is 5.88 Å². The molecule has 0 radical (unpaired) electrons. The molecule has 3 aromatic heterocycles. The SMILES string of the molecule is CCOc1ccc2[nH]c(-c3snnc3C(C)C)nc2n1. The number of aromatic nitrogens is 5. The molecule has 0 saturated heterocycles. The minimum absolute atomic E-state index is 0.309. The van der Waals surface area contributed by atoms with Gasteiger partial charge >= 0.3 is 0 Å². The molecule has 6 nitrogen and oxygen atoms in total. The Kier molecular flexibility index (Phi) is 3.35. The van der Waals surface area contributed by atoms with E-state index in [0.717, 1.165) is 21.9 Å². The summed E-state index contributed by atoms with van der Waals surface area (Å²) in [6.07, 6.45) is 0. The molecule has 0 fully saturated rings. The third-order valence-electron chi connectivity index (χ3n) is 2.89. The molecule has 0 spiro atoms. The molecule has 20 heavy (non-hydrogen) atoms. The Morgan fingerprint density at radius 1 is 1.30 bits per heavy atom. The number of ether oxygens (including phenoxy) is 1. The van der Waals surface area contributed by atoms with Crippen molar-refractivity contribution in [2.45, 2.75) is 26.7 Å². The predicted molar refractivity (Wildman–Crippen MR) is 78.0 cm³/mol. The number of hydrogen-bond acceptors (Lipinski definition) is 6. The van der Waals surface area contributed by atoms with Crippen molar-refractivity contribution in [3.8, 4) is 16.6 Å². The van der Waals surface area contributed by atoms with E-state index >= 15 is 0 Å². The van der Waals surface area contributed by atoms with Gasteiger partial charge < -0.3 is 9.72 Å². The van der Waals surface area contributed by atoms with Crippen molar-refractivity contribution in [2.75, 3.05) is 6.61 Å². The summed E-state index contributed by atoms with van der Waals surface area (Å²) in [5.74, 6) is 1.66. The molecule has 3 aromatic rings. The van der Waals surface area contributed by atoms with Crippen molar-refractivity contribution in [2.24, 2.45) is 0 Å². The van der Waals surface area contributed by atoms with Gasteiger partial charge in [-0.2, -0.15) is 4.98 Å². The van der Waals surface area contributed by atoms with Crippen LogP contribution in [0.4, 0.5) is 0 Å². The van der Waals surface area contributed by atoms with Crippen LogP contribution in [-0.4, -0.2) is 31.1 Å². The standard InChI is InChI=1S/C13H15N5OS/c1-4-19-9-6-5-8-12(15-9)16-13(14-8)11-10(7(2)3)17-18-20-11/h5-7H,4H2,1-3H3,(H,14,15,16). The second-order valence-corrected chi connectivity index (χ2v) is 5.44. The summed E-state index contributed by atoms with van der Waals surface area (Å²) in [4.78, 5) is 13.1. The molecule has 0 amide bonds. The maximum absolute atomic E-state index is 5.39.